The second kappa shape index (κ2) is 8.44. The maximum Gasteiger partial charge on any atom is 0.240 e. The van der Waals surface area contributed by atoms with Crippen molar-refractivity contribution in [2.75, 3.05) is 12.0 Å². The molecule has 4 nitrogen and oxygen atoms in total. The molecule has 5 heteroatoms. The van der Waals surface area contributed by atoms with Gasteiger partial charge in [0.1, 0.15) is 6.04 Å². The molecule has 2 amide bonds. The van der Waals surface area contributed by atoms with Gasteiger partial charge in [0.15, 0.2) is 0 Å². The van der Waals surface area contributed by atoms with E-state index < -0.39 is 11.9 Å². The van der Waals surface area contributed by atoms with E-state index in [1.165, 1.54) is 0 Å². The predicted octanol–water partition coefficient (Wildman–Crippen LogP) is 1.15. The van der Waals surface area contributed by atoms with Gasteiger partial charge in [-0.25, -0.2) is 0 Å². The molecule has 0 rings (SSSR count). The lowest BCUT2D eigenvalue weighted by molar-refractivity contribution is -0.127. The van der Waals surface area contributed by atoms with E-state index >= 15 is 0 Å². The van der Waals surface area contributed by atoms with Gasteiger partial charge in [0, 0.05) is 6.42 Å². The van der Waals surface area contributed by atoms with E-state index in [9.17, 15) is 9.59 Å². The quantitative estimate of drug-likeness (QED) is 0.631. The summed E-state index contributed by atoms with van der Waals surface area (Å²) in [5, 5.41) is 2.68. The lowest BCUT2D eigenvalue weighted by Crippen LogP contribution is -2.45. The van der Waals surface area contributed by atoms with Crippen LogP contribution < -0.4 is 11.1 Å². The fourth-order valence-electron chi connectivity index (χ4n) is 1.36. The van der Waals surface area contributed by atoms with E-state index in [0.29, 0.717) is 18.8 Å². The summed E-state index contributed by atoms with van der Waals surface area (Å²) in [5.74, 6) is 0.758. The molecule has 0 aromatic carbocycles. The molecule has 0 aromatic heterocycles. The Morgan fingerprint density at radius 2 is 2.00 bits per heavy atom. The number of amides is 2. The highest BCUT2D eigenvalue weighted by Gasteiger charge is 2.18. The first-order chi connectivity index (χ1) is 7.47. The van der Waals surface area contributed by atoms with Gasteiger partial charge in [0.05, 0.1) is 0 Å². The fraction of sp³-hybridized carbons (Fsp3) is 0.818. The number of hydrogen-bond donors (Lipinski definition) is 2. The zero-order valence-corrected chi connectivity index (χ0v) is 11.1. The van der Waals surface area contributed by atoms with Crippen LogP contribution in [0.2, 0.25) is 0 Å². The molecule has 0 radical (unpaired) electrons. The third kappa shape index (κ3) is 7.56. The molecule has 0 fully saturated rings. The van der Waals surface area contributed by atoms with Crippen molar-refractivity contribution in [1.82, 2.24) is 5.32 Å². The number of hydrogen-bond acceptors (Lipinski definition) is 3. The minimum atomic E-state index is -0.526. The standard InChI is InChI=1S/C11H22N2O2S/c1-8(2)7-9(11(12)15)13-10(14)5-4-6-16-3/h8-9H,4-7H2,1-3H3,(H2,12,15)(H,13,14). The van der Waals surface area contributed by atoms with Gasteiger partial charge in [-0.2, -0.15) is 11.8 Å². The maximum absolute atomic E-state index is 11.5. The SMILES string of the molecule is CSCCCC(=O)NC(CC(C)C)C(N)=O. The molecule has 0 spiro atoms. The van der Waals surface area contributed by atoms with Crippen LogP contribution in [0.1, 0.15) is 33.1 Å². The van der Waals surface area contributed by atoms with Crippen LogP contribution in [0.5, 0.6) is 0 Å². The topological polar surface area (TPSA) is 72.2 Å². The van der Waals surface area contributed by atoms with Crippen LogP contribution in [0.15, 0.2) is 0 Å². The molecule has 0 aliphatic heterocycles. The Balaban J connectivity index is 3.98. The highest BCUT2D eigenvalue weighted by atomic mass is 32.2. The van der Waals surface area contributed by atoms with E-state index in [0.717, 1.165) is 12.2 Å². The number of carbonyl (C=O) groups is 2. The minimum absolute atomic E-state index is 0.0847. The molecule has 3 N–H and O–H groups in total. The summed E-state index contributed by atoms with van der Waals surface area (Å²) in [7, 11) is 0. The van der Waals surface area contributed by atoms with Gasteiger partial charge in [0.2, 0.25) is 11.8 Å². The van der Waals surface area contributed by atoms with E-state index in [1.54, 1.807) is 11.8 Å². The fourth-order valence-corrected chi connectivity index (χ4v) is 1.79. The van der Waals surface area contributed by atoms with Crippen molar-refractivity contribution in [2.24, 2.45) is 11.7 Å². The third-order valence-electron chi connectivity index (χ3n) is 2.14. The first kappa shape index (κ1) is 15.3. The molecular formula is C11H22N2O2S. The van der Waals surface area contributed by atoms with Crippen molar-refractivity contribution in [3.8, 4) is 0 Å². The highest BCUT2D eigenvalue weighted by Crippen LogP contribution is 2.05. The smallest absolute Gasteiger partial charge is 0.240 e. The molecule has 0 heterocycles. The molecule has 1 atom stereocenters. The molecular weight excluding hydrogens is 224 g/mol. The normalized spacial score (nSPS) is 12.5. The molecule has 1 unspecified atom stereocenters. The zero-order valence-electron chi connectivity index (χ0n) is 10.3. The molecule has 0 saturated heterocycles. The predicted molar refractivity (Wildman–Crippen MR) is 68.2 cm³/mol. The van der Waals surface area contributed by atoms with Crippen LogP contribution in [-0.2, 0) is 9.59 Å². The monoisotopic (exact) mass is 246 g/mol. The van der Waals surface area contributed by atoms with E-state index in [4.69, 9.17) is 5.73 Å². The number of thioether (sulfide) groups is 1. The lowest BCUT2D eigenvalue weighted by atomic mass is 10.0. The third-order valence-corrected chi connectivity index (χ3v) is 2.83. The van der Waals surface area contributed by atoms with Crippen LogP contribution in [-0.4, -0.2) is 29.9 Å². The van der Waals surface area contributed by atoms with Crippen molar-refractivity contribution in [1.29, 1.82) is 0 Å². The Bertz CT molecular complexity index is 232. The van der Waals surface area contributed by atoms with Gasteiger partial charge in [-0.3, -0.25) is 9.59 Å². The number of carbonyl (C=O) groups excluding carboxylic acids is 2. The zero-order chi connectivity index (χ0) is 12.6. The second-order valence-electron chi connectivity index (χ2n) is 4.25. The molecule has 94 valence electrons. The summed E-state index contributed by atoms with van der Waals surface area (Å²) in [6, 6.07) is -0.526. The van der Waals surface area contributed by atoms with Gasteiger partial charge < -0.3 is 11.1 Å². The Morgan fingerprint density at radius 1 is 1.38 bits per heavy atom. The largest absolute Gasteiger partial charge is 0.368 e. The van der Waals surface area contributed by atoms with E-state index in [-0.39, 0.29) is 5.91 Å². The Labute approximate surface area is 102 Å². The van der Waals surface area contributed by atoms with Crippen LogP contribution >= 0.6 is 11.8 Å². The van der Waals surface area contributed by atoms with Crippen molar-refractivity contribution < 1.29 is 9.59 Å². The van der Waals surface area contributed by atoms with Gasteiger partial charge >= 0.3 is 0 Å². The Hall–Kier alpha value is -0.710. The molecule has 0 aliphatic carbocycles. The summed E-state index contributed by atoms with van der Waals surface area (Å²) >= 11 is 1.71. The summed E-state index contributed by atoms with van der Waals surface area (Å²) in [6.45, 7) is 3.99. The molecule has 16 heavy (non-hydrogen) atoms. The van der Waals surface area contributed by atoms with Crippen LogP contribution in [0.4, 0.5) is 0 Å². The van der Waals surface area contributed by atoms with Crippen LogP contribution in [0.3, 0.4) is 0 Å². The number of nitrogens with one attached hydrogen (secondary N) is 1. The average molecular weight is 246 g/mol. The van der Waals surface area contributed by atoms with Crippen molar-refractivity contribution in [2.45, 2.75) is 39.2 Å². The first-order valence-electron chi connectivity index (χ1n) is 5.55. The minimum Gasteiger partial charge on any atom is -0.368 e. The molecule has 0 saturated carbocycles. The summed E-state index contributed by atoms with van der Waals surface area (Å²) in [4.78, 5) is 22.6. The summed E-state index contributed by atoms with van der Waals surface area (Å²) in [5.41, 5.74) is 5.23. The van der Waals surface area contributed by atoms with Crippen LogP contribution in [0.25, 0.3) is 0 Å². The van der Waals surface area contributed by atoms with Gasteiger partial charge in [-0.15, -0.1) is 0 Å². The van der Waals surface area contributed by atoms with Crippen molar-refractivity contribution >= 4 is 23.6 Å². The van der Waals surface area contributed by atoms with E-state index in [2.05, 4.69) is 5.32 Å². The first-order valence-corrected chi connectivity index (χ1v) is 6.94. The van der Waals surface area contributed by atoms with Gasteiger partial charge in [-0.05, 0) is 30.8 Å². The molecule has 0 aliphatic rings. The van der Waals surface area contributed by atoms with Crippen LogP contribution in [0, 0.1) is 5.92 Å². The Morgan fingerprint density at radius 3 is 2.44 bits per heavy atom. The van der Waals surface area contributed by atoms with E-state index in [1.807, 2.05) is 20.1 Å². The maximum atomic E-state index is 11.5. The lowest BCUT2D eigenvalue weighted by Gasteiger charge is -2.17. The van der Waals surface area contributed by atoms with Gasteiger partial charge in [0.25, 0.3) is 0 Å². The highest BCUT2D eigenvalue weighted by molar-refractivity contribution is 7.98. The number of nitrogens with two attached hydrogens (primary N) is 1. The van der Waals surface area contributed by atoms with Gasteiger partial charge in [-0.1, -0.05) is 13.8 Å². The summed E-state index contributed by atoms with van der Waals surface area (Å²) in [6.07, 6.45) is 3.90. The second-order valence-corrected chi connectivity index (χ2v) is 5.23. The molecule has 0 aromatic rings. The number of rotatable bonds is 8. The number of primary amides is 1. The summed E-state index contributed by atoms with van der Waals surface area (Å²) < 4.78 is 0. The Kier molecular flexibility index (Phi) is 8.07. The van der Waals surface area contributed by atoms with Crippen molar-refractivity contribution in [3.63, 3.8) is 0 Å². The average Bonchev–Trinajstić information content (AvgIpc) is 2.16. The van der Waals surface area contributed by atoms with Crippen molar-refractivity contribution in [3.05, 3.63) is 0 Å². The molecule has 0 bridgehead atoms.